The second-order valence-corrected chi connectivity index (χ2v) is 9.90. The molecule has 0 radical (unpaired) electrons. The van der Waals surface area contributed by atoms with Crippen molar-refractivity contribution in [1.29, 1.82) is 5.41 Å². The number of rotatable bonds is 6. The average molecular weight is 549 g/mol. The zero-order chi connectivity index (χ0) is 29.7. The number of amides is 1. The molecule has 1 amide bonds. The lowest BCUT2D eigenvalue weighted by molar-refractivity contribution is -0.138. The molecular weight excluding hydrogens is 516 g/mol. The SMILES string of the molecule is CC1=NN(c2ccc(C)c(C)c2)C(=O)C1=N.Nc1cccc(-c2cccc(C(Cc3ccccc3)C(=O)O)c2)c1O. The Morgan fingerprint density at radius 1 is 0.927 bits per heavy atom. The highest BCUT2D eigenvalue weighted by Crippen LogP contribution is 2.35. The van der Waals surface area contributed by atoms with Crippen molar-refractivity contribution in [3.05, 3.63) is 113 Å². The fraction of sp³-hybridized carbons (Fsp3) is 0.152. The van der Waals surface area contributed by atoms with Gasteiger partial charge in [-0.1, -0.05) is 72.8 Å². The molecule has 0 saturated heterocycles. The van der Waals surface area contributed by atoms with E-state index in [1.807, 2.05) is 68.4 Å². The summed E-state index contributed by atoms with van der Waals surface area (Å²) in [6.07, 6.45) is 0.405. The summed E-state index contributed by atoms with van der Waals surface area (Å²) in [6, 6.07) is 27.6. The second-order valence-electron chi connectivity index (χ2n) is 9.90. The minimum Gasteiger partial charge on any atom is -0.505 e. The molecular formula is C33H32N4O4. The lowest BCUT2D eigenvalue weighted by Crippen LogP contribution is -2.26. The van der Waals surface area contributed by atoms with Crippen LogP contribution in [0.25, 0.3) is 11.1 Å². The van der Waals surface area contributed by atoms with Crippen LogP contribution in [-0.4, -0.2) is 33.5 Å². The Morgan fingerprint density at radius 2 is 1.63 bits per heavy atom. The fourth-order valence-corrected chi connectivity index (χ4v) is 4.45. The predicted molar refractivity (Wildman–Crippen MR) is 163 cm³/mol. The molecule has 1 unspecified atom stereocenters. The quantitative estimate of drug-likeness (QED) is 0.170. The lowest BCUT2D eigenvalue weighted by Gasteiger charge is -2.15. The van der Waals surface area contributed by atoms with Crippen molar-refractivity contribution in [3.8, 4) is 16.9 Å². The summed E-state index contributed by atoms with van der Waals surface area (Å²) in [7, 11) is 0. The standard InChI is InChI=1S/C21H19NO3.C12H13N3O/c22-19-11-5-10-17(20(19)23)15-8-4-9-16(13-15)18(21(24)25)12-14-6-2-1-3-7-14;1-7-4-5-10(6-8(7)2)15-12(16)11(13)9(3)14-15/h1-11,13,18,23H,12,22H2,(H,24,25);4-6,13H,1-3H3. The largest absolute Gasteiger partial charge is 0.505 e. The van der Waals surface area contributed by atoms with Crippen molar-refractivity contribution in [1.82, 2.24) is 0 Å². The summed E-state index contributed by atoms with van der Waals surface area (Å²) < 4.78 is 0. The van der Waals surface area contributed by atoms with E-state index in [2.05, 4.69) is 5.10 Å². The van der Waals surface area contributed by atoms with Crippen molar-refractivity contribution in [2.24, 2.45) is 5.10 Å². The molecule has 5 N–H and O–H groups in total. The molecule has 0 aliphatic carbocycles. The first-order chi connectivity index (χ1) is 19.6. The van der Waals surface area contributed by atoms with Crippen LogP contribution in [0.5, 0.6) is 5.75 Å². The third-order valence-corrected chi connectivity index (χ3v) is 7.00. The Balaban J connectivity index is 0.000000208. The molecule has 0 fully saturated rings. The summed E-state index contributed by atoms with van der Waals surface area (Å²) in [5, 5.41) is 32.7. The van der Waals surface area contributed by atoms with E-state index in [9.17, 15) is 19.8 Å². The Morgan fingerprint density at radius 3 is 2.27 bits per heavy atom. The Bertz CT molecular complexity index is 1650. The number of hydrogen-bond donors (Lipinski definition) is 4. The summed E-state index contributed by atoms with van der Waals surface area (Å²) >= 11 is 0. The molecule has 1 atom stereocenters. The van der Waals surface area contributed by atoms with Crippen molar-refractivity contribution in [2.45, 2.75) is 33.1 Å². The number of hydrazone groups is 1. The van der Waals surface area contributed by atoms with Gasteiger partial charge in [0.05, 0.1) is 23.0 Å². The van der Waals surface area contributed by atoms with Gasteiger partial charge in [0.1, 0.15) is 11.5 Å². The van der Waals surface area contributed by atoms with Crippen LogP contribution in [0, 0.1) is 19.3 Å². The highest BCUT2D eigenvalue weighted by atomic mass is 16.4. The van der Waals surface area contributed by atoms with Gasteiger partial charge < -0.3 is 15.9 Å². The minimum atomic E-state index is -0.877. The fourth-order valence-electron chi connectivity index (χ4n) is 4.45. The molecule has 4 aromatic carbocycles. The number of phenolic OH excluding ortho intramolecular Hbond substituents is 1. The average Bonchev–Trinajstić information content (AvgIpc) is 3.22. The van der Waals surface area contributed by atoms with Crippen LogP contribution in [0.2, 0.25) is 0 Å². The molecule has 1 aliphatic heterocycles. The topological polar surface area (TPSA) is 140 Å². The number of anilines is 2. The van der Waals surface area contributed by atoms with E-state index in [0.717, 1.165) is 22.4 Å². The minimum absolute atomic E-state index is 0.00887. The number of aliphatic carboxylic acids is 1. The molecule has 0 aromatic heterocycles. The molecule has 5 rings (SSSR count). The number of nitrogen functional groups attached to an aromatic ring is 1. The van der Waals surface area contributed by atoms with Gasteiger partial charge in [0.25, 0.3) is 5.91 Å². The third-order valence-electron chi connectivity index (χ3n) is 7.00. The van der Waals surface area contributed by atoms with E-state index >= 15 is 0 Å². The van der Waals surface area contributed by atoms with Crippen molar-refractivity contribution >= 4 is 34.7 Å². The van der Waals surface area contributed by atoms with Crippen molar-refractivity contribution in [2.75, 3.05) is 10.7 Å². The van der Waals surface area contributed by atoms with E-state index < -0.39 is 11.9 Å². The highest BCUT2D eigenvalue weighted by molar-refractivity contribution is 6.70. The van der Waals surface area contributed by atoms with Crippen LogP contribution in [0.15, 0.2) is 96.1 Å². The second kappa shape index (κ2) is 12.3. The number of aromatic hydroxyl groups is 1. The molecule has 41 heavy (non-hydrogen) atoms. The maximum Gasteiger partial charge on any atom is 0.311 e. The summed E-state index contributed by atoms with van der Waals surface area (Å²) in [5.41, 5.74) is 12.5. The number of nitrogens with zero attached hydrogens (tertiary/aromatic N) is 2. The van der Waals surface area contributed by atoms with Gasteiger partial charge >= 0.3 is 5.97 Å². The number of nitrogens with one attached hydrogen (secondary N) is 1. The van der Waals surface area contributed by atoms with Gasteiger partial charge in [0, 0.05) is 5.56 Å². The first-order valence-electron chi connectivity index (χ1n) is 13.1. The number of para-hydroxylation sites is 1. The van der Waals surface area contributed by atoms with Crippen molar-refractivity contribution < 1.29 is 19.8 Å². The van der Waals surface area contributed by atoms with Crippen LogP contribution in [0.4, 0.5) is 11.4 Å². The number of carboxylic acids is 1. The van der Waals surface area contributed by atoms with E-state index in [4.69, 9.17) is 11.1 Å². The van der Waals surface area contributed by atoms with Crippen LogP contribution < -0.4 is 10.7 Å². The summed E-state index contributed by atoms with van der Waals surface area (Å²) in [5.74, 6) is -1.89. The van der Waals surface area contributed by atoms with E-state index in [1.54, 1.807) is 43.3 Å². The number of carbonyl (C=O) groups is 2. The van der Waals surface area contributed by atoms with Gasteiger partial charge in [-0.2, -0.15) is 10.1 Å². The Labute approximate surface area is 238 Å². The Kier molecular flexibility index (Phi) is 8.63. The lowest BCUT2D eigenvalue weighted by atomic mass is 9.90. The summed E-state index contributed by atoms with van der Waals surface area (Å²) in [6.45, 7) is 5.67. The van der Waals surface area contributed by atoms with Gasteiger partial charge in [-0.3, -0.25) is 15.0 Å². The molecule has 0 spiro atoms. The number of aryl methyl sites for hydroxylation is 2. The van der Waals surface area contributed by atoms with Crippen LogP contribution >= 0.6 is 0 Å². The number of carboxylic acid groups (broad SMARTS) is 1. The van der Waals surface area contributed by atoms with Gasteiger partial charge in [0.15, 0.2) is 0 Å². The zero-order valence-electron chi connectivity index (χ0n) is 23.1. The predicted octanol–water partition coefficient (Wildman–Crippen LogP) is 6.10. The number of hydrogen-bond acceptors (Lipinski definition) is 6. The molecule has 0 bridgehead atoms. The maximum atomic E-state index is 11.8. The van der Waals surface area contributed by atoms with Crippen LogP contribution in [0.3, 0.4) is 0 Å². The maximum absolute atomic E-state index is 11.8. The molecule has 208 valence electrons. The molecule has 8 nitrogen and oxygen atoms in total. The molecule has 0 saturated carbocycles. The smallest absolute Gasteiger partial charge is 0.311 e. The third kappa shape index (κ3) is 6.50. The van der Waals surface area contributed by atoms with E-state index in [0.29, 0.717) is 28.9 Å². The van der Waals surface area contributed by atoms with E-state index in [-0.39, 0.29) is 17.4 Å². The van der Waals surface area contributed by atoms with Gasteiger partial charge in [0.2, 0.25) is 0 Å². The zero-order valence-corrected chi connectivity index (χ0v) is 23.1. The highest BCUT2D eigenvalue weighted by Gasteiger charge is 2.29. The number of carbonyl (C=O) groups excluding carboxylic acids is 1. The van der Waals surface area contributed by atoms with E-state index in [1.165, 1.54) is 10.6 Å². The monoisotopic (exact) mass is 548 g/mol. The van der Waals surface area contributed by atoms with Gasteiger partial charge in [-0.25, -0.2) is 0 Å². The molecule has 4 aromatic rings. The number of benzene rings is 4. The van der Waals surface area contributed by atoms with Gasteiger partial charge in [-0.05, 0) is 73.2 Å². The first kappa shape index (κ1) is 28.8. The molecule has 8 heteroatoms. The van der Waals surface area contributed by atoms with Crippen LogP contribution in [-0.2, 0) is 16.0 Å². The molecule has 1 aliphatic rings. The van der Waals surface area contributed by atoms with Gasteiger partial charge in [-0.15, -0.1) is 0 Å². The van der Waals surface area contributed by atoms with Crippen LogP contribution in [0.1, 0.15) is 35.1 Å². The number of nitrogens with two attached hydrogens (primary N) is 1. The first-order valence-corrected chi connectivity index (χ1v) is 13.1. The molecule has 1 heterocycles. The normalized spacial score (nSPS) is 13.3. The Hall–Kier alpha value is -5.24. The number of phenols is 1. The summed E-state index contributed by atoms with van der Waals surface area (Å²) in [4.78, 5) is 23.5. The van der Waals surface area contributed by atoms with Crippen molar-refractivity contribution in [3.63, 3.8) is 0 Å².